The van der Waals surface area contributed by atoms with Gasteiger partial charge >= 0.3 is 5.97 Å². The molecule has 98 valence electrons. The number of carbonyl (C=O) groups is 1. The SMILES string of the molecule is O=C(O)c1ccccc1/C=N/n1cnc2cccnc21. The van der Waals surface area contributed by atoms with Crippen molar-refractivity contribution in [2.24, 2.45) is 5.10 Å². The van der Waals surface area contributed by atoms with E-state index in [9.17, 15) is 4.79 Å². The minimum Gasteiger partial charge on any atom is -0.478 e. The zero-order valence-corrected chi connectivity index (χ0v) is 10.3. The van der Waals surface area contributed by atoms with Crippen LogP contribution in [0.5, 0.6) is 0 Å². The number of fused-ring (bicyclic) bond motifs is 1. The number of aromatic carboxylic acids is 1. The van der Waals surface area contributed by atoms with E-state index >= 15 is 0 Å². The van der Waals surface area contributed by atoms with E-state index in [1.807, 2.05) is 6.07 Å². The molecule has 0 spiro atoms. The van der Waals surface area contributed by atoms with Gasteiger partial charge in [-0.25, -0.2) is 19.4 Å². The van der Waals surface area contributed by atoms with Crippen molar-refractivity contribution in [1.82, 2.24) is 14.6 Å². The van der Waals surface area contributed by atoms with Crippen molar-refractivity contribution in [3.63, 3.8) is 0 Å². The Bertz CT molecular complexity index is 808. The molecule has 6 heteroatoms. The molecule has 6 nitrogen and oxygen atoms in total. The van der Waals surface area contributed by atoms with Gasteiger partial charge in [0.2, 0.25) is 0 Å². The van der Waals surface area contributed by atoms with Crippen molar-refractivity contribution in [2.75, 3.05) is 0 Å². The van der Waals surface area contributed by atoms with Crippen LogP contribution in [0.2, 0.25) is 0 Å². The zero-order valence-electron chi connectivity index (χ0n) is 10.3. The molecule has 0 fully saturated rings. The Balaban J connectivity index is 2.01. The fourth-order valence-electron chi connectivity index (χ4n) is 1.85. The molecule has 0 aliphatic rings. The standard InChI is InChI=1S/C14H10N4O2/c19-14(20)11-5-2-1-4-10(11)8-17-18-9-16-12-6-3-7-15-13(12)18/h1-9H,(H,19,20)/b17-8+. The molecule has 0 radical (unpaired) electrons. The second-order valence-corrected chi connectivity index (χ2v) is 4.07. The van der Waals surface area contributed by atoms with Crippen LogP contribution in [0.4, 0.5) is 0 Å². The lowest BCUT2D eigenvalue weighted by Crippen LogP contribution is -2.02. The molecule has 0 saturated heterocycles. The van der Waals surface area contributed by atoms with E-state index < -0.39 is 5.97 Å². The molecule has 1 aromatic carbocycles. The third-order valence-corrected chi connectivity index (χ3v) is 2.80. The van der Waals surface area contributed by atoms with Gasteiger partial charge in [0.1, 0.15) is 11.8 Å². The van der Waals surface area contributed by atoms with Gasteiger partial charge in [0.15, 0.2) is 5.65 Å². The van der Waals surface area contributed by atoms with E-state index in [2.05, 4.69) is 15.1 Å². The summed E-state index contributed by atoms with van der Waals surface area (Å²) >= 11 is 0. The number of benzene rings is 1. The molecule has 1 N–H and O–H groups in total. The quantitative estimate of drug-likeness (QED) is 0.735. The van der Waals surface area contributed by atoms with Crippen LogP contribution in [-0.2, 0) is 0 Å². The normalized spacial score (nSPS) is 11.2. The summed E-state index contributed by atoms with van der Waals surface area (Å²) in [6.45, 7) is 0. The summed E-state index contributed by atoms with van der Waals surface area (Å²) in [6.07, 6.45) is 4.68. The van der Waals surface area contributed by atoms with Crippen molar-refractivity contribution in [1.29, 1.82) is 0 Å². The van der Waals surface area contributed by atoms with Crippen LogP contribution in [0.25, 0.3) is 11.2 Å². The Hall–Kier alpha value is -3.02. The molecule has 3 rings (SSSR count). The third kappa shape index (κ3) is 2.14. The van der Waals surface area contributed by atoms with E-state index in [1.165, 1.54) is 23.3 Å². The van der Waals surface area contributed by atoms with Gasteiger partial charge in [-0.2, -0.15) is 5.10 Å². The van der Waals surface area contributed by atoms with E-state index in [4.69, 9.17) is 5.11 Å². The summed E-state index contributed by atoms with van der Waals surface area (Å²) < 4.78 is 1.51. The van der Waals surface area contributed by atoms with E-state index in [1.54, 1.807) is 30.5 Å². The highest BCUT2D eigenvalue weighted by atomic mass is 16.4. The van der Waals surface area contributed by atoms with Crippen molar-refractivity contribution < 1.29 is 9.90 Å². The first-order valence-electron chi connectivity index (χ1n) is 5.90. The van der Waals surface area contributed by atoms with Gasteiger partial charge in [0.05, 0.1) is 11.8 Å². The Morgan fingerprint density at radius 1 is 1.20 bits per heavy atom. The first kappa shape index (κ1) is 12.0. The molecule has 0 atom stereocenters. The largest absolute Gasteiger partial charge is 0.478 e. The van der Waals surface area contributed by atoms with Crippen molar-refractivity contribution in [3.05, 3.63) is 60.0 Å². The summed E-state index contributed by atoms with van der Waals surface area (Å²) in [5, 5.41) is 13.3. The van der Waals surface area contributed by atoms with Crippen LogP contribution in [0.1, 0.15) is 15.9 Å². The van der Waals surface area contributed by atoms with Crippen LogP contribution in [0.3, 0.4) is 0 Å². The maximum Gasteiger partial charge on any atom is 0.336 e. The zero-order chi connectivity index (χ0) is 13.9. The molecule has 0 amide bonds. The molecule has 0 aliphatic carbocycles. The lowest BCUT2D eigenvalue weighted by Gasteiger charge is -1.99. The summed E-state index contributed by atoms with van der Waals surface area (Å²) in [5.41, 5.74) is 2.08. The van der Waals surface area contributed by atoms with Gasteiger partial charge in [-0.05, 0) is 18.2 Å². The van der Waals surface area contributed by atoms with Crippen LogP contribution in [-0.4, -0.2) is 31.9 Å². The first-order valence-corrected chi connectivity index (χ1v) is 5.90. The van der Waals surface area contributed by atoms with Crippen molar-refractivity contribution >= 4 is 23.3 Å². The highest BCUT2D eigenvalue weighted by molar-refractivity contribution is 5.98. The van der Waals surface area contributed by atoms with Gasteiger partial charge in [0, 0.05) is 11.8 Å². The monoisotopic (exact) mass is 266 g/mol. The van der Waals surface area contributed by atoms with Gasteiger partial charge in [-0.3, -0.25) is 0 Å². The summed E-state index contributed by atoms with van der Waals surface area (Å²) in [7, 11) is 0. The molecule has 0 unspecified atom stereocenters. The van der Waals surface area contributed by atoms with Crippen molar-refractivity contribution in [2.45, 2.75) is 0 Å². The predicted octanol–water partition coefficient (Wildman–Crippen LogP) is 2.01. The molecule has 3 aromatic rings. The number of rotatable bonds is 3. The minimum atomic E-state index is -0.985. The Labute approximate surface area is 114 Å². The highest BCUT2D eigenvalue weighted by Crippen LogP contribution is 2.10. The molecule has 2 heterocycles. The number of aromatic nitrogens is 3. The number of carboxylic acids is 1. The Kier molecular flexibility index (Phi) is 2.96. The number of hydrogen-bond donors (Lipinski definition) is 1. The lowest BCUT2D eigenvalue weighted by atomic mass is 10.1. The molecule has 2 aromatic heterocycles. The number of carboxylic acid groups (broad SMARTS) is 1. The van der Waals surface area contributed by atoms with E-state index in [0.29, 0.717) is 11.2 Å². The highest BCUT2D eigenvalue weighted by Gasteiger charge is 2.07. The number of hydrogen-bond acceptors (Lipinski definition) is 4. The number of nitrogens with zero attached hydrogens (tertiary/aromatic N) is 4. The third-order valence-electron chi connectivity index (χ3n) is 2.80. The summed E-state index contributed by atoms with van der Waals surface area (Å²) in [4.78, 5) is 19.4. The molecule has 20 heavy (non-hydrogen) atoms. The molecular formula is C14H10N4O2. The topological polar surface area (TPSA) is 80.4 Å². The Morgan fingerprint density at radius 3 is 2.90 bits per heavy atom. The fraction of sp³-hybridized carbons (Fsp3) is 0. The van der Waals surface area contributed by atoms with Gasteiger partial charge in [-0.1, -0.05) is 18.2 Å². The average Bonchev–Trinajstić information content (AvgIpc) is 2.88. The van der Waals surface area contributed by atoms with Gasteiger partial charge in [-0.15, -0.1) is 0 Å². The second kappa shape index (κ2) is 4.93. The number of pyridine rings is 1. The first-order chi connectivity index (χ1) is 9.75. The molecular weight excluding hydrogens is 256 g/mol. The van der Waals surface area contributed by atoms with E-state index in [-0.39, 0.29) is 5.56 Å². The minimum absolute atomic E-state index is 0.202. The van der Waals surface area contributed by atoms with Gasteiger partial charge < -0.3 is 5.11 Å². The van der Waals surface area contributed by atoms with Gasteiger partial charge in [0.25, 0.3) is 0 Å². The average molecular weight is 266 g/mol. The van der Waals surface area contributed by atoms with Crippen LogP contribution in [0.15, 0.2) is 54.0 Å². The maximum absolute atomic E-state index is 11.1. The van der Waals surface area contributed by atoms with Crippen LogP contribution in [0, 0.1) is 0 Å². The van der Waals surface area contributed by atoms with Crippen LogP contribution >= 0.6 is 0 Å². The smallest absolute Gasteiger partial charge is 0.336 e. The fourth-order valence-corrected chi connectivity index (χ4v) is 1.85. The maximum atomic E-state index is 11.1. The lowest BCUT2D eigenvalue weighted by molar-refractivity contribution is 0.0697. The summed E-state index contributed by atoms with van der Waals surface area (Å²) in [6, 6.07) is 10.3. The number of imidazole rings is 1. The second-order valence-electron chi connectivity index (χ2n) is 4.07. The van der Waals surface area contributed by atoms with Crippen LogP contribution < -0.4 is 0 Å². The van der Waals surface area contributed by atoms with Crippen molar-refractivity contribution in [3.8, 4) is 0 Å². The van der Waals surface area contributed by atoms with E-state index in [0.717, 1.165) is 5.52 Å². The summed E-state index contributed by atoms with van der Waals surface area (Å²) in [5.74, 6) is -0.985. The predicted molar refractivity (Wildman–Crippen MR) is 73.9 cm³/mol. The Morgan fingerprint density at radius 2 is 2.05 bits per heavy atom. The molecule has 0 bridgehead atoms. The molecule has 0 aliphatic heterocycles. The molecule has 0 saturated carbocycles.